The number of hydrogen-bond acceptors (Lipinski definition) is 4. The number of nitrogens with one attached hydrogen (secondary N) is 1. The number of rotatable bonds is 5. The van der Waals surface area contributed by atoms with Crippen molar-refractivity contribution in [2.24, 2.45) is 0 Å². The number of nitrogens with zero attached hydrogens (tertiary/aromatic N) is 1. The molecule has 1 aromatic carbocycles. The molecule has 0 saturated heterocycles. The summed E-state index contributed by atoms with van der Waals surface area (Å²) < 4.78 is 5.10. The van der Waals surface area contributed by atoms with Crippen molar-refractivity contribution in [3.63, 3.8) is 0 Å². The minimum absolute atomic E-state index is 0.177. The molecule has 5 heteroatoms. The zero-order chi connectivity index (χ0) is 14.4. The van der Waals surface area contributed by atoms with E-state index in [0.717, 1.165) is 5.56 Å². The molecular formula is C15H16N2O3. The molecule has 1 amide bonds. The van der Waals surface area contributed by atoms with E-state index >= 15 is 0 Å². The van der Waals surface area contributed by atoms with Gasteiger partial charge in [-0.3, -0.25) is 9.78 Å². The summed E-state index contributed by atoms with van der Waals surface area (Å²) >= 11 is 0. The van der Waals surface area contributed by atoms with Gasteiger partial charge in [-0.1, -0.05) is 30.3 Å². The number of benzene rings is 1. The molecule has 2 rings (SSSR count). The van der Waals surface area contributed by atoms with Crippen LogP contribution in [0.3, 0.4) is 0 Å². The lowest BCUT2D eigenvalue weighted by molar-refractivity contribution is 0.0913. The van der Waals surface area contributed by atoms with Crippen LogP contribution in [0.4, 0.5) is 0 Å². The molecule has 2 aromatic rings. The van der Waals surface area contributed by atoms with E-state index in [4.69, 9.17) is 4.74 Å². The lowest BCUT2D eigenvalue weighted by atomic mass is 10.1. The Morgan fingerprint density at radius 2 is 2.10 bits per heavy atom. The van der Waals surface area contributed by atoms with Crippen molar-refractivity contribution >= 4 is 5.91 Å². The van der Waals surface area contributed by atoms with Crippen molar-refractivity contribution in [2.45, 2.75) is 6.04 Å². The molecule has 1 aromatic heterocycles. The van der Waals surface area contributed by atoms with Gasteiger partial charge in [0.25, 0.3) is 5.91 Å². The first-order valence-corrected chi connectivity index (χ1v) is 6.21. The van der Waals surface area contributed by atoms with Crippen molar-refractivity contribution in [2.75, 3.05) is 13.7 Å². The number of aromatic nitrogens is 1. The molecule has 2 N–H and O–H groups in total. The standard InChI is InChI=1S/C15H16N2O3/c1-20-14-9-16-8-7-12(14)15(19)17-13(10-18)11-5-3-2-4-6-11/h2-9,13,18H,10H2,1H3,(H,17,19)/t13-/m0/s1. The largest absolute Gasteiger partial charge is 0.494 e. The summed E-state index contributed by atoms with van der Waals surface area (Å²) in [6.07, 6.45) is 3.00. The van der Waals surface area contributed by atoms with Crippen LogP contribution in [0, 0.1) is 0 Å². The summed E-state index contributed by atoms with van der Waals surface area (Å²) in [7, 11) is 1.48. The predicted molar refractivity (Wildman–Crippen MR) is 74.5 cm³/mol. The number of carbonyl (C=O) groups is 1. The Bertz CT molecular complexity index is 572. The number of aliphatic hydroxyl groups excluding tert-OH is 1. The average molecular weight is 272 g/mol. The summed E-state index contributed by atoms with van der Waals surface area (Å²) in [5, 5.41) is 12.2. The van der Waals surface area contributed by atoms with E-state index in [1.807, 2.05) is 30.3 Å². The van der Waals surface area contributed by atoms with Gasteiger partial charge < -0.3 is 15.2 Å². The molecule has 0 aliphatic rings. The fraction of sp³-hybridized carbons (Fsp3) is 0.200. The minimum Gasteiger partial charge on any atom is -0.494 e. The Morgan fingerprint density at radius 1 is 1.35 bits per heavy atom. The number of carbonyl (C=O) groups excluding carboxylic acids is 1. The van der Waals surface area contributed by atoms with E-state index in [9.17, 15) is 9.90 Å². The normalized spacial score (nSPS) is 11.7. The smallest absolute Gasteiger partial charge is 0.255 e. The van der Waals surface area contributed by atoms with Gasteiger partial charge in [0.05, 0.1) is 31.5 Å². The Balaban J connectivity index is 2.18. The van der Waals surface area contributed by atoms with E-state index in [2.05, 4.69) is 10.3 Å². The molecular weight excluding hydrogens is 256 g/mol. The van der Waals surface area contributed by atoms with Crippen LogP contribution < -0.4 is 10.1 Å². The molecule has 5 nitrogen and oxygen atoms in total. The quantitative estimate of drug-likeness (QED) is 0.866. The molecule has 0 aliphatic heterocycles. The maximum Gasteiger partial charge on any atom is 0.255 e. The van der Waals surface area contributed by atoms with Gasteiger partial charge in [-0.25, -0.2) is 0 Å². The fourth-order valence-electron chi connectivity index (χ4n) is 1.89. The summed E-state index contributed by atoms with van der Waals surface area (Å²) in [6.45, 7) is -0.177. The maximum atomic E-state index is 12.2. The van der Waals surface area contributed by atoms with Crippen LogP contribution in [-0.2, 0) is 0 Å². The maximum absolute atomic E-state index is 12.2. The molecule has 1 heterocycles. The van der Waals surface area contributed by atoms with Crippen molar-refractivity contribution in [1.29, 1.82) is 0 Å². The van der Waals surface area contributed by atoms with Crippen LogP contribution >= 0.6 is 0 Å². The highest BCUT2D eigenvalue weighted by atomic mass is 16.5. The highest BCUT2D eigenvalue weighted by Gasteiger charge is 2.17. The third-order valence-corrected chi connectivity index (χ3v) is 2.94. The molecule has 0 radical (unpaired) electrons. The van der Waals surface area contributed by atoms with Crippen LogP contribution in [0.5, 0.6) is 5.75 Å². The van der Waals surface area contributed by atoms with Gasteiger partial charge in [-0.2, -0.15) is 0 Å². The van der Waals surface area contributed by atoms with Crippen molar-refractivity contribution in [3.8, 4) is 5.75 Å². The van der Waals surface area contributed by atoms with Crippen molar-refractivity contribution < 1.29 is 14.6 Å². The topological polar surface area (TPSA) is 71.5 Å². The highest BCUT2D eigenvalue weighted by Crippen LogP contribution is 2.18. The first-order valence-electron chi connectivity index (χ1n) is 6.21. The Hall–Kier alpha value is -2.40. The Labute approximate surface area is 117 Å². The molecule has 0 fully saturated rings. The van der Waals surface area contributed by atoms with Crippen LogP contribution in [0.25, 0.3) is 0 Å². The zero-order valence-electron chi connectivity index (χ0n) is 11.1. The molecule has 0 saturated carbocycles. The Morgan fingerprint density at radius 3 is 2.75 bits per heavy atom. The second-order valence-electron chi connectivity index (χ2n) is 4.20. The van der Waals surface area contributed by atoms with Crippen LogP contribution in [-0.4, -0.2) is 29.7 Å². The summed E-state index contributed by atoms with van der Waals surface area (Å²) in [5.41, 5.74) is 1.23. The van der Waals surface area contributed by atoms with Crippen LogP contribution in [0.1, 0.15) is 22.0 Å². The number of pyridine rings is 1. The molecule has 20 heavy (non-hydrogen) atoms. The van der Waals surface area contributed by atoms with Gasteiger partial charge in [0.2, 0.25) is 0 Å². The number of hydrogen-bond donors (Lipinski definition) is 2. The van der Waals surface area contributed by atoms with Gasteiger partial charge in [0.1, 0.15) is 5.75 Å². The van der Waals surface area contributed by atoms with E-state index in [-0.39, 0.29) is 12.5 Å². The molecule has 104 valence electrons. The lowest BCUT2D eigenvalue weighted by Crippen LogP contribution is -2.31. The van der Waals surface area contributed by atoms with Crippen molar-refractivity contribution in [1.82, 2.24) is 10.3 Å². The summed E-state index contributed by atoms with van der Waals surface area (Å²) in [5.74, 6) is 0.0851. The van der Waals surface area contributed by atoms with Gasteiger partial charge in [-0.05, 0) is 11.6 Å². The second-order valence-corrected chi connectivity index (χ2v) is 4.20. The van der Waals surface area contributed by atoms with E-state index in [1.165, 1.54) is 19.5 Å². The van der Waals surface area contributed by atoms with Gasteiger partial charge in [0.15, 0.2) is 0 Å². The monoisotopic (exact) mass is 272 g/mol. The van der Waals surface area contributed by atoms with E-state index in [0.29, 0.717) is 11.3 Å². The first kappa shape index (κ1) is 14.0. The minimum atomic E-state index is -0.457. The van der Waals surface area contributed by atoms with Gasteiger partial charge >= 0.3 is 0 Å². The molecule has 0 aliphatic carbocycles. The lowest BCUT2D eigenvalue weighted by Gasteiger charge is -2.17. The first-order chi connectivity index (χ1) is 9.76. The number of methoxy groups -OCH3 is 1. The third-order valence-electron chi connectivity index (χ3n) is 2.94. The molecule has 1 atom stereocenters. The van der Waals surface area contributed by atoms with Crippen LogP contribution in [0.2, 0.25) is 0 Å². The molecule has 0 spiro atoms. The fourth-order valence-corrected chi connectivity index (χ4v) is 1.89. The average Bonchev–Trinajstić information content (AvgIpc) is 2.53. The SMILES string of the molecule is COc1cnccc1C(=O)N[C@@H](CO)c1ccccc1. The molecule has 0 unspecified atom stereocenters. The number of amides is 1. The van der Waals surface area contributed by atoms with Gasteiger partial charge in [0, 0.05) is 6.20 Å². The van der Waals surface area contributed by atoms with Crippen molar-refractivity contribution in [3.05, 3.63) is 59.9 Å². The zero-order valence-corrected chi connectivity index (χ0v) is 11.1. The molecule has 0 bridgehead atoms. The second kappa shape index (κ2) is 6.68. The number of aliphatic hydroxyl groups is 1. The summed E-state index contributed by atoms with van der Waals surface area (Å²) in [6, 6.07) is 10.4. The third kappa shape index (κ3) is 3.13. The van der Waals surface area contributed by atoms with Crippen LogP contribution in [0.15, 0.2) is 48.8 Å². The predicted octanol–water partition coefficient (Wildman–Crippen LogP) is 1.55. The van der Waals surface area contributed by atoms with E-state index in [1.54, 1.807) is 6.07 Å². The Kier molecular flexibility index (Phi) is 4.68. The number of ether oxygens (including phenoxy) is 1. The van der Waals surface area contributed by atoms with E-state index < -0.39 is 6.04 Å². The highest BCUT2D eigenvalue weighted by molar-refractivity contribution is 5.97. The summed E-state index contributed by atoms with van der Waals surface area (Å²) in [4.78, 5) is 16.1. The van der Waals surface area contributed by atoms with Gasteiger partial charge in [-0.15, -0.1) is 0 Å².